The summed E-state index contributed by atoms with van der Waals surface area (Å²) in [5.74, 6) is -2.04. The van der Waals surface area contributed by atoms with Gasteiger partial charge in [0, 0.05) is 12.6 Å². The first kappa shape index (κ1) is 15.1. The van der Waals surface area contributed by atoms with Crippen LogP contribution in [0.3, 0.4) is 0 Å². The zero-order chi connectivity index (χ0) is 14.6. The molecule has 0 saturated carbocycles. The van der Waals surface area contributed by atoms with E-state index in [1.807, 2.05) is 0 Å². The summed E-state index contributed by atoms with van der Waals surface area (Å²) in [6.45, 7) is 5.45. The molecule has 1 atom stereocenters. The predicted octanol–water partition coefficient (Wildman–Crippen LogP) is 2.46. The number of benzene rings is 1. The number of carbonyl (C=O) groups is 2. The van der Waals surface area contributed by atoms with E-state index in [0.29, 0.717) is 6.54 Å². The van der Waals surface area contributed by atoms with E-state index in [1.165, 1.54) is 17.0 Å². The lowest BCUT2D eigenvalue weighted by Gasteiger charge is -2.27. The molecule has 0 bridgehead atoms. The van der Waals surface area contributed by atoms with Gasteiger partial charge in [-0.3, -0.25) is 9.59 Å². The van der Waals surface area contributed by atoms with Gasteiger partial charge in [0.1, 0.15) is 5.82 Å². The van der Waals surface area contributed by atoms with Gasteiger partial charge in [0.25, 0.3) is 5.91 Å². The summed E-state index contributed by atoms with van der Waals surface area (Å²) < 4.78 is 13.8. The number of halogens is 1. The first-order valence-corrected chi connectivity index (χ1v) is 6.15. The molecule has 0 spiro atoms. The SMILES string of the molecule is CCN(C(=O)c1ccc(C)cc1F)C(C)CC(=O)O. The molecule has 1 rings (SSSR count). The second-order valence-electron chi connectivity index (χ2n) is 4.52. The summed E-state index contributed by atoms with van der Waals surface area (Å²) in [5, 5.41) is 8.76. The molecule has 19 heavy (non-hydrogen) atoms. The monoisotopic (exact) mass is 267 g/mol. The van der Waals surface area contributed by atoms with Crippen molar-refractivity contribution in [1.82, 2.24) is 4.90 Å². The zero-order valence-corrected chi connectivity index (χ0v) is 11.3. The Kier molecular flexibility index (Phi) is 5.03. The van der Waals surface area contributed by atoms with E-state index in [4.69, 9.17) is 5.11 Å². The predicted molar refractivity (Wildman–Crippen MR) is 69.6 cm³/mol. The summed E-state index contributed by atoms with van der Waals surface area (Å²) in [4.78, 5) is 24.3. The van der Waals surface area contributed by atoms with E-state index >= 15 is 0 Å². The van der Waals surface area contributed by atoms with E-state index < -0.39 is 23.7 Å². The van der Waals surface area contributed by atoms with Crippen LogP contribution in [0.1, 0.15) is 36.2 Å². The minimum atomic E-state index is -0.983. The maximum Gasteiger partial charge on any atom is 0.305 e. The third kappa shape index (κ3) is 3.77. The highest BCUT2D eigenvalue weighted by atomic mass is 19.1. The van der Waals surface area contributed by atoms with Crippen molar-refractivity contribution in [2.45, 2.75) is 33.2 Å². The lowest BCUT2D eigenvalue weighted by molar-refractivity contribution is -0.138. The number of hydrogen-bond acceptors (Lipinski definition) is 2. The summed E-state index contributed by atoms with van der Waals surface area (Å²) in [5.41, 5.74) is 0.709. The average molecular weight is 267 g/mol. The van der Waals surface area contributed by atoms with Crippen LogP contribution in [0.4, 0.5) is 4.39 Å². The van der Waals surface area contributed by atoms with Gasteiger partial charge in [0.05, 0.1) is 12.0 Å². The van der Waals surface area contributed by atoms with Gasteiger partial charge in [0.15, 0.2) is 0 Å². The van der Waals surface area contributed by atoms with Crippen LogP contribution in [0.5, 0.6) is 0 Å². The number of carbonyl (C=O) groups excluding carboxylic acids is 1. The Hall–Kier alpha value is -1.91. The van der Waals surface area contributed by atoms with Gasteiger partial charge >= 0.3 is 5.97 Å². The molecule has 0 radical (unpaired) electrons. The zero-order valence-electron chi connectivity index (χ0n) is 11.3. The van der Waals surface area contributed by atoms with Crippen LogP contribution in [0.15, 0.2) is 18.2 Å². The molecule has 0 fully saturated rings. The Balaban J connectivity index is 2.98. The van der Waals surface area contributed by atoms with Crippen LogP contribution in [0.2, 0.25) is 0 Å². The number of carboxylic acids is 1. The molecule has 5 heteroatoms. The molecule has 0 aliphatic carbocycles. The number of nitrogens with zero attached hydrogens (tertiary/aromatic N) is 1. The third-order valence-corrected chi connectivity index (χ3v) is 2.96. The fraction of sp³-hybridized carbons (Fsp3) is 0.429. The highest BCUT2D eigenvalue weighted by Gasteiger charge is 2.23. The Morgan fingerprint density at radius 3 is 2.53 bits per heavy atom. The van der Waals surface area contributed by atoms with Crippen LogP contribution >= 0.6 is 0 Å². The maximum atomic E-state index is 13.8. The third-order valence-electron chi connectivity index (χ3n) is 2.96. The molecule has 4 nitrogen and oxygen atoms in total. The van der Waals surface area contributed by atoms with Gasteiger partial charge in [-0.25, -0.2) is 4.39 Å². The number of amides is 1. The quantitative estimate of drug-likeness (QED) is 0.891. The molecular weight excluding hydrogens is 249 g/mol. The molecule has 1 unspecified atom stereocenters. The van der Waals surface area contributed by atoms with Gasteiger partial charge < -0.3 is 10.0 Å². The number of hydrogen-bond donors (Lipinski definition) is 1. The van der Waals surface area contributed by atoms with Crippen molar-refractivity contribution in [3.63, 3.8) is 0 Å². The lowest BCUT2D eigenvalue weighted by atomic mass is 10.1. The van der Waals surface area contributed by atoms with Crippen molar-refractivity contribution in [2.75, 3.05) is 6.54 Å². The Morgan fingerprint density at radius 1 is 1.42 bits per heavy atom. The lowest BCUT2D eigenvalue weighted by Crippen LogP contribution is -2.40. The molecular formula is C14H18FNO3. The van der Waals surface area contributed by atoms with Crippen molar-refractivity contribution >= 4 is 11.9 Å². The maximum absolute atomic E-state index is 13.8. The van der Waals surface area contributed by atoms with E-state index in [9.17, 15) is 14.0 Å². The van der Waals surface area contributed by atoms with E-state index in [-0.39, 0.29) is 12.0 Å². The van der Waals surface area contributed by atoms with Gasteiger partial charge in [0.2, 0.25) is 0 Å². The van der Waals surface area contributed by atoms with Crippen LogP contribution in [-0.2, 0) is 4.79 Å². The molecule has 0 heterocycles. The number of carboxylic acid groups (broad SMARTS) is 1. The first-order valence-electron chi connectivity index (χ1n) is 6.15. The molecule has 1 aromatic rings. The van der Waals surface area contributed by atoms with Crippen LogP contribution in [0.25, 0.3) is 0 Å². The van der Waals surface area contributed by atoms with Gasteiger partial charge in [-0.2, -0.15) is 0 Å². The van der Waals surface area contributed by atoms with Gasteiger partial charge in [-0.15, -0.1) is 0 Å². The molecule has 104 valence electrons. The summed E-state index contributed by atoms with van der Waals surface area (Å²) in [6.07, 6.45) is -0.160. The van der Waals surface area contributed by atoms with Crippen molar-refractivity contribution in [3.05, 3.63) is 35.1 Å². The fourth-order valence-corrected chi connectivity index (χ4v) is 1.97. The first-order chi connectivity index (χ1) is 8.86. The largest absolute Gasteiger partial charge is 0.481 e. The minimum Gasteiger partial charge on any atom is -0.481 e. The molecule has 0 aliphatic heterocycles. The van der Waals surface area contributed by atoms with Crippen LogP contribution < -0.4 is 0 Å². The van der Waals surface area contributed by atoms with Gasteiger partial charge in [-0.1, -0.05) is 6.07 Å². The van der Waals surface area contributed by atoms with Crippen molar-refractivity contribution < 1.29 is 19.1 Å². The number of aliphatic carboxylic acids is 1. The fourth-order valence-electron chi connectivity index (χ4n) is 1.97. The molecule has 0 saturated heterocycles. The second kappa shape index (κ2) is 6.31. The molecule has 1 amide bonds. The standard InChI is InChI=1S/C14H18FNO3/c1-4-16(10(3)8-13(17)18)14(19)11-6-5-9(2)7-12(11)15/h5-7,10H,4,8H2,1-3H3,(H,17,18). The molecule has 1 aromatic carbocycles. The Labute approximate surface area is 111 Å². The summed E-state index contributed by atoms with van der Waals surface area (Å²) in [7, 11) is 0. The Bertz CT molecular complexity index is 488. The van der Waals surface area contributed by atoms with Crippen molar-refractivity contribution in [1.29, 1.82) is 0 Å². The minimum absolute atomic E-state index is 0.0234. The second-order valence-corrected chi connectivity index (χ2v) is 4.52. The average Bonchev–Trinajstić information content (AvgIpc) is 2.28. The number of rotatable bonds is 5. The normalized spacial score (nSPS) is 12.0. The summed E-state index contributed by atoms with van der Waals surface area (Å²) in [6, 6.07) is 3.91. The molecule has 0 aromatic heterocycles. The van der Waals surface area contributed by atoms with Crippen LogP contribution in [-0.4, -0.2) is 34.5 Å². The highest BCUT2D eigenvalue weighted by molar-refractivity contribution is 5.95. The van der Waals surface area contributed by atoms with Crippen molar-refractivity contribution in [3.8, 4) is 0 Å². The topological polar surface area (TPSA) is 57.6 Å². The molecule has 1 N–H and O–H groups in total. The van der Waals surface area contributed by atoms with E-state index in [2.05, 4.69) is 0 Å². The number of aryl methyl sites for hydroxylation is 1. The van der Waals surface area contributed by atoms with Crippen LogP contribution in [0, 0.1) is 12.7 Å². The smallest absolute Gasteiger partial charge is 0.305 e. The van der Waals surface area contributed by atoms with Gasteiger partial charge in [-0.05, 0) is 38.5 Å². The Morgan fingerprint density at radius 2 is 2.05 bits per heavy atom. The molecule has 0 aliphatic rings. The van der Waals surface area contributed by atoms with E-state index in [0.717, 1.165) is 5.56 Å². The van der Waals surface area contributed by atoms with E-state index in [1.54, 1.807) is 26.8 Å². The summed E-state index contributed by atoms with van der Waals surface area (Å²) >= 11 is 0. The van der Waals surface area contributed by atoms with Crippen molar-refractivity contribution in [2.24, 2.45) is 0 Å². The highest BCUT2D eigenvalue weighted by Crippen LogP contribution is 2.15.